The summed E-state index contributed by atoms with van der Waals surface area (Å²) in [6, 6.07) is 6.83. The van der Waals surface area contributed by atoms with Crippen molar-refractivity contribution in [1.82, 2.24) is 4.98 Å². The maximum atomic E-state index is 13.4. The number of rotatable bonds is 2. The van der Waals surface area contributed by atoms with E-state index >= 15 is 0 Å². The van der Waals surface area contributed by atoms with Gasteiger partial charge in [-0.05, 0) is 24.3 Å². The quantitative estimate of drug-likeness (QED) is 0.895. The molecule has 1 heterocycles. The lowest BCUT2D eigenvalue weighted by atomic mass is 10.2. The highest BCUT2D eigenvalue weighted by Crippen LogP contribution is 2.20. The Morgan fingerprint density at radius 1 is 1.28 bits per heavy atom. The number of H-pyrrole nitrogens is 1. The maximum Gasteiger partial charge on any atom is 0.257 e. The Bertz CT molecular complexity index is 634. The number of aromatic amines is 1. The van der Waals surface area contributed by atoms with Crippen molar-refractivity contribution in [2.75, 3.05) is 5.32 Å². The first-order chi connectivity index (χ1) is 8.56. The van der Waals surface area contributed by atoms with Crippen LogP contribution in [0.5, 0.6) is 0 Å². The molecule has 0 aliphatic carbocycles. The van der Waals surface area contributed by atoms with Crippen LogP contribution in [-0.2, 0) is 0 Å². The van der Waals surface area contributed by atoms with E-state index in [2.05, 4.69) is 26.2 Å². The summed E-state index contributed by atoms with van der Waals surface area (Å²) in [5, 5.41) is 2.42. The molecule has 6 heteroatoms. The molecule has 0 radical (unpaired) electrons. The van der Waals surface area contributed by atoms with Gasteiger partial charge in [0, 0.05) is 16.7 Å². The summed E-state index contributed by atoms with van der Waals surface area (Å²) in [4.78, 5) is 25.0. The van der Waals surface area contributed by atoms with Gasteiger partial charge in [-0.25, -0.2) is 4.39 Å². The van der Waals surface area contributed by atoms with Gasteiger partial charge in [-0.1, -0.05) is 15.9 Å². The second kappa shape index (κ2) is 5.14. The molecule has 0 aliphatic heterocycles. The maximum absolute atomic E-state index is 13.4. The molecule has 0 saturated heterocycles. The summed E-state index contributed by atoms with van der Waals surface area (Å²) in [6.45, 7) is 0. The van der Waals surface area contributed by atoms with Gasteiger partial charge in [0.05, 0.1) is 11.3 Å². The molecule has 1 amide bonds. The van der Waals surface area contributed by atoms with E-state index in [-0.39, 0.29) is 16.8 Å². The van der Waals surface area contributed by atoms with Gasteiger partial charge in [-0.2, -0.15) is 0 Å². The molecule has 92 valence electrons. The third-order valence-electron chi connectivity index (χ3n) is 2.22. The lowest BCUT2D eigenvalue weighted by molar-refractivity contribution is 0.102. The third-order valence-corrected chi connectivity index (χ3v) is 2.72. The van der Waals surface area contributed by atoms with Gasteiger partial charge in [-0.3, -0.25) is 9.59 Å². The minimum atomic E-state index is -0.532. The first-order valence-electron chi connectivity index (χ1n) is 5.01. The van der Waals surface area contributed by atoms with E-state index in [1.165, 1.54) is 36.5 Å². The van der Waals surface area contributed by atoms with Crippen molar-refractivity contribution >= 4 is 27.5 Å². The van der Waals surface area contributed by atoms with Crippen LogP contribution in [0.3, 0.4) is 0 Å². The monoisotopic (exact) mass is 310 g/mol. The second-order valence-corrected chi connectivity index (χ2v) is 4.44. The smallest absolute Gasteiger partial charge is 0.257 e. The molecule has 2 aromatic rings. The van der Waals surface area contributed by atoms with Crippen LogP contribution in [0.25, 0.3) is 0 Å². The van der Waals surface area contributed by atoms with Crippen molar-refractivity contribution in [3.8, 4) is 0 Å². The Morgan fingerprint density at radius 3 is 2.72 bits per heavy atom. The Morgan fingerprint density at radius 2 is 2.06 bits per heavy atom. The average Bonchev–Trinajstić information content (AvgIpc) is 2.34. The zero-order chi connectivity index (χ0) is 13.1. The van der Waals surface area contributed by atoms with Crippen molar-refractivity contribution in [1.29, 1.82) is 0 Å². The third kappa shape index (κ3) is 2.84. The number of amides is 1. The van der Waals surface area contributed by atoms with Crippen LogP contribution in [0.1, 0.15) is 10.4 Å². The molecule has 2 N–H and O–H groups in total. The van der Waals surface area contributed by atoms with E-state index in [0.717, 1.165) is 0 Å². The molecule has 1 aromatic carbocycles. The number of pyridine rings is 1. The van der Waals surface area contributed by atoms with E-state index < -0.39 is 11.7 Å². The minimum absolute atomic E-state index is 0.0700. The summed E-state index contributed by atoms with van der Waals surface area (Å²) >= 11 is 3.19. The Kier molecular flexibility index (Phi) is 3.57. The van der Waals surface area contributed by atoms with Crippen LogP contribution in [0.2, 0.25) is 0 Å². The Balaban J connectivity index is 2.23. The predicted molar refractivity (Wildman–Crippen MR) is 69.1 cm³/mol. The average molecular weight is 311 g/mol. The van der Waals surface area contributed by atoms with Crippen LogP contribution in [-0.4, -0.2) is 10.9 Å². The highest BCUT2D eigenvalue weighted by Gasteiger charge is 2.09. The van der Waals surface area contributed by atoms with Crippen molar-refractivity contribution in [2.45, 2.75) is 0 Å². The first kappa shape index (κ1) is 12.5. The Hall–Kier alpha value is -1.95. The molecule has 1 aromatic heterocycles. The van der Waals surface area contributed by atoms with Crippen molar-refractivity contribution in [2.24, 2.45) is 0 Å². The van der Waals surface area contributed by atoms with Crippen LogP contribution in [0.4, 0.5) is 10.1 Å². The molecule has 0 atom stereocenters. The van der Waals surface area contributed by atoms with Crippen molar-refractivity contribution in [3.05, 3.63) is 62.7 Å². The normalized spacial score (nSPS) is 10.1. The molecule has 0 bridgehead atoms. The van der Waals surface area contributed by atoms with E-state index in [4.69, 9.17) is 0 Å². The number of aromatic nitrogens is 1. The van der Waals surface area contributed by atoms with Gasteiger partial charge in [0.2, 0.25) is 5.56 Å². The SMILES string of the molecule is O=C(Nc1cc(Br)ccc1F)c1ccc(=O)[nH]c1. The zero-order valence-corrected chi connectivity index (χ0v) is 10.6. The van der Waals surface area contributed by atoms with Gasteiger partial charge >= 0.3 is 0 Å². The molecular weight excluding hydrogens is 303 g/mol. The van der Waals surface area contributed by atoms with Gasteiger partial charge in [-0.15, -0.1) is 0 Å². The van der Waals surface area contributed by atoms with E-state index in [0.29, 0.717) is 4.47 Å². The van der Waals surface area contributed by atoms with E-state index in [1.54, 1.807) is 0 Å². The number of carbonyl (C=O) groups is 1. The summed E-state index contributed by atoms with van der Waals surface area (Å²) in [5.41, 5.74) is 0.00902. The Labute approximate surface area is 110 Å². The van der Waals surface area contributed by atoms with Crippen molar-refractivity contribution < 1.29 is 9.18 Å². The fourth-order valence-electron chi connectivity index (χ4n) is 1.34. The number of nitrogens with one attached hydrogen (secondary N) is 2. The molecule has 18 heavy (non-hydrogen) atoms. The number of hydrogen-bond donors (Lipinski definition) is 2. The molecule has 0 aliphatic rings. The minimum Gasteiger partial charge on any atom is -0.328 e. The molecule has 0 unspecified atom stereocenters. The lowest BCUT2D eigenvalue weighted by Crippen LogP contribution is -2.15. The van der Waals surface area contributed by atoms with Gasteiger partial charge < -0.3 is 10.3 Å². The largest absolute Gasteiger partial charge is 0.328 e. The summed E-state index contributed by atoms with van der Waals surface area (Å²) in [7, 11) is 0. The molecule has 4 nitrogen and oxygen atoms in total. The number of carbonyl (C=O) groups excluding carboxylic acids is 1. The number of hydrogen-bond acceptors (Lipinski definition) is 2. The standard InChI is InChI=1S/C12H8BrFN2O2/c13-8-2-3-9(14)10(5-8)16-12(18)7-1-4-11(17)15-6-7/h1-6H,(H,15,17)(H,16,18). The van der Waals surface area contributed by atoms with Gasteiger partial charge in [0.25, 0.3) is 5.91 Å². The predicted octanol–water partition coefficient (Wildman–Crippen LogP) is 2.53. The van der Waals surface area contributed by atoms with Crippen molar-refractivity contribution in [3.63, 3.8) is 0 Å². The molecule has 2 rings (SSSR count). The first-order valence-corrected chi connectivity index (χ1v) is 5.81. The van der Waals surface area contributed by atoms with Crippen LogP contribution in [0, 0.1) is 5.82 Å². The topological polar surface area (TPSA) is 62.0 Å². The number of benzene rings is 1. The molecule has 0 saturated carbocycles. The molecule has 0 spiro atoms. The van der Waals surface area contributed by atoms with E-state index in [1.807, 2.05) is 0 Å². The number of halogens is 2. The highest BCUT2D eigenvalue weighted by molar-refractivity contribution is 9.10. The number of anilines is 1. The summed E-state index contributed by atoms with van der Waals surface area (Å²) in [5.74, 6) is -1.03. The fourth-order valence-corrected chi connectivity index (χ4v) is 1.70. The van der Waals surface area contributed by atoms with Crippen LogP contribution in [0.15, 0.2) is 45.8 Å². The van der Waals surface area contributed by atoms with Crippen LogP contribution < -0.4 is 10.9 Å². The second-order valence-electron chi connectivity index (χ2n) is 3.52. The summed E-state index contributed by atoms with van der Waals surface area (Å²) in [6.07, 6.45) is 1.27. The fraction of sp³-hybridized carbons (Fsp3) is 0. The lowest BCUT2D eigenvalue weighted by Gasteiger charge is -2.06. The van der Waals surface area contributed by atoms with Crippen LogP contribution >= 0.6 is 15.9 Å². The van der Waals surface area contributed by atoms with Gasteiger partial charge in [0.15, 0.2) is 0 Å². The van der Waals surface area contributed by atoms with Gasteiger partial charge in [0.1, 0.15) is 5.82 Å². The molecular formula is C12H8BrFN2O2. The highest BCUT2D eigenvalue weighted by atomic mass is 79.9. The summed E-state index contributed by atoms with van der Waals surface area (Å²) < 4.78 is 14.1. The van der Waals surface area contributed by atoms with E-state index in [9.17, 15) is 14.0 Å². The molecule has 0 fully saturated rings. The zero-order valence-electron chi connectivity index (χ0n) is 9.04.